The Labute approximate surface area is 110 Å². The summed E-state index contributed by atoms with van der Waals surface area (Å²) >= 11 is 2.66. The second kappa shape index (κ2) is 7.62. The molecule has 1 N–H and O–H groups in total. The molecule has 0 aliphatic rings. The van der Waals surface area contributed by atoms with Crippen molar-refractivity contribution < 1.29 is 5.21 Å². The van der Waals surface area contributed by atoms with E-state index in [2.05, 4.69) is 32.7 Å². The van der Waals surface area contributed by atoms with Crippen LogP contribution >= 0.6 is 23.5 Å². The number of hydrogen-bond donors (Lipinski definition) is 1. The Morgan fingerprint density at radius 3 is 2.59 bits per heavy atom. The number of rotatable bonds is 6. The van der Waals surface area contributed by atoms with Gasteiger partial charge in [0.05, 0.1) is 17.4 Å². The topological polar surface area (TPSA) is 61.6 Å². The van der Waals surface area contributed by atoms with Gasteiger partial charge < -0.3 is 10.1 Å². The van der Waals surface area contributed by atoms with E-state index in [0.717, 1.165) is 42.8 Å². The van der Waals surface area contributed by atoms with Crippen molar-refractivity contribution in [3.05, 3.63) is 11.4 Å². The molecule has 0 bridgehead atoms. The van der Waals surface area contributed by atoms with Crippen LogP contribution in [-0.4, -0.2) is 49.3 Å². The molecule has 1 aromatic rings. The van der Waals surface area contributed by atoms with Gasteiger partial charge in [-0.3, -0.25) is 0 Å². The molecule has 0 fully saturated rings. The molecule has 17 heavy (non-hydrogen) atoms. The highest BCUT2D eigenvalue weighted by Crippen LogP contribution is 2.15. The minimum atomic E-state index is 0.559. The highest BCUT2D eigenvalue weighted by molar-refractivity contribution is 8.14. The van der Waals surface area contributed by atoms with Crippen molar-refractivity contribution in [2.24, 2.45) is 5.16 Å². The van der Waals surface area contributed by atoms with E-state index in [1.54, 1.807) is 0 Å². The number of aromatic nitrogens is 2. The van der Waals surface area contributed by atoms with Gasteiger partial charge in [-0.25, -0.2) is 0 Å². The fourth-order valence-corrected chi connectivity index (χ4v) is 2.92. The molecule has 0 aliphatic carbocycles. The molecule has 0 aliphatic heterocycles. The van der Waals surface area contributed by atoms with Crippen LogP contribution < -0.4 is 0 Å². The third-order valence-electron chi connectivity index (χ3n) is 2.49. The minimum Gasteiger partial charge on any atom is -0.410 e. The fraction of sp³-hybridized carbons (Fsp3) is 0.700. The summed E-state index contributed by atoms with van der Waals surface area (Å²) in [7, 11) is 0. The Morgan fingerprint density at radius 2 is 2.12 bits per heavy atom. The van der Waals surface area contributed by atoms with Crippen molar-refractivity contribution >= 4 is 28.5 Å². The van der Waals surface area contributed by atoms with Crippen LogP contribution in [0.1, 0.15) is 25.2 Å². The maximum absolute atomic E-state index is 8.99. The Kier molecular flexibility index (Phi) is 6.46. The first kappa shape index (κ1) is 14.4. The zero-order valence-electron chi connectivity index (χ0n) is 10.4. The molecule has 0 spiro atoms. The number of nitrogens with zero attached hydrogens (tertiary/aromatic N) is 4. The van der Waals surface area contributed by atoms with Crippen LogP contribution in [0.4, 0.5) is 0 Å². The van der Waals surface area contributed by atoms with E-state index < -0.39 is 0 Å². The molecule has 0 unspecified atom stereocenters. The summed E-state index contributed by atoms with van der Waals surface area (Å²) in [5.41, 5.74) is 1.51. The molecule has 0 saturated heterocycles. The third-order valence-corrected chi connectivity index (χ3v) is 4.04. The van der Waals surface area contributed by atoms with E-state index in [4.69, 9.17) is 5.21 Å². The lowest BCUT2D eigenvalue weighted by Crippen LogP contribution is -2.25. The number of aryl methyl sites for hydroxylation is 1. The quantitative estimate of drug-likeness (QED) is 0.372. The molecule has 0 radical (unpaired) electrons. The summed E-state index contributed by atoms with van der Waals surface area (Å²) in [6.45, 7) is 9.22. The molecular weight excluding hydrogens is 256 g/mol. The van der Waals surface area contributed by atoms with E-state index in [0.29, 0.717) is 10.7 Å². The molecule has 7 heteroatoms. The lowest BCUT2D eigenvalue weighted by molar-refractivity contribution is 0.320. The average Bonchev–Trinajstić information content (AvgIpc) is 2.76. The van der Waals surface area contributed by atoms with Crippen LogP contribution in [0.3, 0.4) is 0 Å². The van der Waals surface area contributed by atoms with Gasteiger partial charge in [-0.2, -0.15) is 8.75 Å². The van der Waals surface area contributed by atoms with Crippen LogP contribution in [0.5, 0.6) is 0 Å². The normalized spacial score (nSPS) is 12.4. The zero-order chi connectivity index (χ0) is 12.7. The van der Waals surface area contributed by atoms with E-state index in [9.17, 15) is 0 Å². The first-order chi connectivity index (χ1) is 8.22. The Hall–Kier alpha value is -0.660. The smallest absolute Gasteiger partial charge is 0.164 e. The molecule has 0 aromatic carbocycles. The van der Waals surface area contributed by atoms with Crippen molar-refractivity contribution in [1.29, 1.82) is 0 Å². The number of thioether (sulfide) groups is 1. The van der Waals surface area contributed by atoms with E-state index in [1.807, 2.05) is 6.92 Å². The van der Waals surface area contributed by atoms with Crippen LogP contribution in [0.2, 0.25) is 0 Å². The Morgan fingerprint density at radius 1 is 1.41 bits per heavy atom. The van der Waals surface area contributed by atoms with Gasteiger partial charge in [0, 0.05) is 12.3 Å². The second-order valence-corrected chi connectivity index (χ2v) is 5.09. The van der Waals surface area contributed by atoms with Gasteiger partial charge in [-0.05, 0) is 20.0 Å². The standard InChI is InChI=1S/C10H18N4OS2/c1-4-14(5-2)6-7-16-10(11-15)9-8(3)12-17-13-9/h15H,4-7H2,1-3H3/b11-10+. The van der Waals surface area contributed by atoms with Crippen molar-refractivity contribution in [3.63, 3.8) is 0 Å². The summed E-state index contributed by atoms with van der Waals surface area (Å²) < 4.78 is 8.21. The first-order valence-electron chi connectivity index (χ1n) is 5.59. The summed E-state index contributed by atoms with van der Waals surface area (Å²) in [6, 6.07) is 0. The first-order valence-corrected chi connectivity index (χ1v) is 7.31. The van der Waals surface area contributed by atoms with Gasteiger partial charge in [0.25, 0.3) is 0 Å². The van der Waals surface area contributed by atoms with Gasteiger partial charge in [-0.15, -0.1) is 0 Å². The third kappa shape index (κ3) is 4.25. The average molecular weight is 274 g/mol. The summed E-state index contributed by atoms with van der Waals surface area (Å²) in [5.74, 6) is 0.887. The predicted octanol–water partition coefficient (Wildman–Crippen LogP) is 2.06. The molecule has 0 saturated carbocycles. The van der Waals surface area contributed by atoms with E-state index >= 15 is 0 Å². The van der Waals surface area contributed by atoms with Crippen LogP contribution in [0.15, 0.2) is 5.16 Å². The van der Waals surface area contributed by atoms with Gasteiger partial charge in [0.15, 0.2) is 5.04 Å². The van der Waals surface area contributed by atoms with Crippen molar-refractivity contribution in [2.75, 3.05) is 25.4 Å². The molecular formula is C10H18N4OS2. The van der Waals surface area contributed by atoms with Gasteiger partial charge in [0.1, 0.15) is 5.69 Å². The van der Waals surface area contributed by atoms with Gasteiger partial charge >= 0.3 is 0 Å². The Bertz CT molecular complexity index is 363. The Balaban J connectivity index is 2.47. The molecule has 96 valence electrons. The maximum Gasteiger partial charge on any atom is 0.164 e. The van der Waals surface area contributed by atoms with Crippen LogP contribution in [-0.2, 0) is 0 Å². The highest BCUT2D eigenvalue weighted by atomic mass is 32.2. The van der Waals surface area contributed by atoms with Crippen molar-refractivity contribution in [2.45, 2.75) is 20.8 Å². The number of hydrogen-bond acceptors (Lipinski definition) is 7. The lowest BCUT2D eigenvalue weighted by atomic mass is 10.4. The molecule has 1 aromatic heterocycles. The lowest BCUT2D eigenvalue weighted by Gasteiger charge is -2.17. The molecule has 1 rings (SSSR count). The van der Waals surface area contributed by atoms with Crippen molar-refractivity contribution in [3.8, 4) is 0 Å². The fourth-order valence-electron chi connectivity index (χ4n) is 1.38. The molecule has 1 heterocycles. The van der Waals surface area contributed by atoms with Gasteiger partial charge in [0.2, 0.25) is 0 Å². The summed E-state index contributed by atoms with van der Waals surface area (Å²) in [5, 5.41) is 12.9. The largest absolute Gasteiger partial charge is 0.410 e. The van der Waals surface area contributed by atoms with Gasteiger partial charge in [-0.1, -0.05) is 30.8 Å². The van der Waals surface area contributed by atoms with Crippen LogP contribution in [0, 0.1) is 6.92 Å². The molecule has 0 atom stereocenters. The zero-order valence-corrected chi connectivity index (χ0v) is 12.0. The van der Waals surface area contributed by atoms with E-state index in [1.165, 1.54) is 11.8 Å². The van der Waals surface area contributed by atoms with E-state index in [-0.39, 0.29) is 0 Å². The molecule has 5 nitrogen and oxygen atoms in total. The maximum atomic E-state index is 8.99. The minimum absolute atomic E-state index is 0.559. The summed E-state index contributed by atoms with van der Waals surface area (Å²) in [6.07, 6.45) is 0. The van der Waals surface area contributed by atoms with Crippen molar-refractivity contribution in [1.82, 2.24) is 13.6 Å². The van der Waals surface area contributed by atoms with Crippen LogP contribution in [0.25, 0.3) is 0 Å². The SMILES string of the molecule is CCN(CC)CCS/C(=N/O)c1nsnc1C. The second-order valence-electron chi connectivity index (χ2n) is 3.48. The predicted molar refractivity (Wildman–Crippen MR) is 73.2 cm³/mol. The highest BCUT2D eigenvalue weighted by Gasteiger charge is 2.13. The summed E-state index contributed by atoms with van der Waals surface area (Å²) in [4.78, 5) is 2.33. The molecule has 0 amide bonds. The number of oxime groups is 1. The monoisotopic (exact) mass is 274 g/mol.